The SMILES string of the molecule is Nc1cccc(C(=O)NCc2ccncc2)n1. The number of pyridine rings is 2. The lowest BCUT2D eigenvalue weighted by Gasteiger charge is -2.04. The number of anilines is 1. The van der Waals surface area contributed by atoms with Gasteiger partial charge in [-0.3, -0.25) is 9.78 Å². The largest absolute Gasteiger partial charge is 0.384 e. The minimum atomic E-state index is -0.242. The third-order valence-electron chi connectivity index (χ3n) is 2.21. The lowest BCUT2D eigenvalue weighted by molar-refractivity contribution is 0.0946. The number of hydrogen-bond donors (Lipinski definition) is 2. The molecule has 0 aliphatic heterocycles. The monoisotopic (exact) mass is 228 g/mol. The molecule has 0 spiro atoms. The summed E-state index contributed by atoms with van der Waals surface area (Å²) in [4.78, 5) is 19.6. The second-order valence-corrected chi connectivity index (χ2v) is 3.49. The molecule has 1 amide bonds. The van der Waals surface area contributed by atoms with Crippen LogP contribution in [-0.4, -0.2) is 15.9 Å². The maximum atomic E-state index is 11.7. The Kier molecular flexibility index (Phi) is 3.30. The highest BCUT2D eigenvalue weighted by Crippen LogP contribution is 2.01. The van der Waals surface area contributed by atoms with E-state index in [1.807, 2.05) is 12.1 Å². The molecule has 0 radical (unpaired) electrons. The fourth-order valence-electron chi connectivity index (χ4n) is 1.35. The summed E-state index contributed by atoms with van der Waals surface area (Å²) in [5.41, 5.74) is 6.81. The first-order valence-corrected chi connectivity index (χ1v) is 5.15. The molecule has 0 saturated carbocycles. The van der Waals surface area contributed by atoms with Crippen LogP contribution in [0.25, 0.3) is 0 Å². The highest BCUT2D eigenvalue weighted by Gasteiger charge is 2.06. The summed E-state index contributed by atoms with van der Waals surface area (Å²) in [5, 5.41) is 2.76. The van der Waals surface area contributed by atoms with E-state index in [9.17, 15) is 4.79 Å². The molecule has 86 valence electrons. The zero-order chi connectivity index (χ0) is 12.1. The van der Waals surface area contributed by atoms with Crippen molar-refractivity contribution >= 4 is 11.7 Å². The second kappa shape index (κ2) is 5.07. The maximum absolute atomic E-state index is 11.7. The van der Waals surface area contributed by atoms with Crippen LogP contribution in [0.15, 0.2) is 42.7 Å². The van der Waals surface area contributed by atoms with Gasteiger partial charge in [0.25, 0.3) is 5.91 Å². The molecule has 2 aromatic rings. The number of nitrogens with zero attached hydrogens (tertiary/aromatic N) is 2. The van der Waals surface area contributed by atoms with Gasteiger partial charge in [-0.25, -0.2) is 4.98 Å². The molecule has 0 atom stereocenters. The fourth-order valence-corrected chi connectivity index (χ4v) is 1.35. The van der Waals surface area contributed by atoms with Crippen molar-refractivity contribution in [2.45, 2.75) is 6.54 Å². The molecule has 5 heteroatoms. The van der Waals surface area contributed by atoms with Crippen LogP contribution in [0.2, 0.25) is 0 Å². The molecule has 0 bridgehead atoms. The van der Waals surface area contributed by atoms with Gasteiger partial charge >= 0.3 is 0 Å². The van der Waals surface area contributed by atoms with E-state index in [0.717, 1.165) is 5.56 Å². The quantitative estimate of drug-likeness (QED) is 0.820. The molecule has 0 aliphatic rings. The summed E-state index contributed by atoms with van der Waals surface area (Å²) in [6, 6.07) is 8.64. The molecule has 17 heavy (non-hydrogen) atoms. The summed E-state index contributed by atoms with van der Waals surface area (Å²) >= 11 is 0. The Bertz CT molecular complexity index is 513. The number of carbonyl (C=O) groups excluding carboxylic acids is 1. The van der Waals surface area contributed by atoms with Crippen molar-refractivity contribution in [1.82, 2.24) is 15.3 Å². The number of hydrogen-bond acceptors (Lipinski definition) is 4. The van der Waals surface area contributed by atoms with Gasteiger partial charge in [0.1, 0.15) is 11.5 Å². The summed E-state index contributed by atoms with van der Waals surface area (Å²) in [6.07, 6.45) is 3.36. The van der Waals surface area contributed by atoms with E-state index in [1.165, 1.54) is 0 Å². The molecule has 5 nitrogen and oxygen atoms in total. The van der Waals surface area contributed by atoms with Gasteiger partial charge < -0.3 is 11.1 Å². The normalized spacial score (nSPS) is 9.88. The van der Waals surface area contributed by atoms with Crippen molar-refractivity contribution in [3.63, 3.8) is 0 Å². The molecule has 0 aromatic carbocycles. The molecular formula is C12H12N4O. The third-order valence-corrected chi connectivity index (χ3v) is 2.21. The average molecular weight is 228 g/mol. The highest BCUT2D eigenvalue weighted by atomic mass is 16.1. The third kappa shape index (κ3) is 3.01. The van der Waals surface area contributed by atoms with Crippen LogP contribution in [0.1, 0.15) is 16.1 Å². The molecule has 2 rings (SSSR count). The maximum Gasteiger partial charge on any atom is 0.270 e. The number of nitrogen functional groups attached to an aromatic ring is 1. The Morgan fingerprint density at radius 3 is 2.71 bits per heavy atom. The van der Waals surface area contributed by atoms with Crippen molar-refractivity contribution in [3.05, 3.63) is 54.0 Å². The lowest BCUT2D eigenvalue weighted by atomic mass is 10.2. The smallest absolute Gasteiger partial charge is 0.270 e. The minimum absolute atomic E-state index is 0.242. The van der Waals surface area contributed by atoms with Gasteiger partial charge in [-0.1, -0.05) is 6.07 Å². The van der Waals surface area contributed by atoms with Gasteiger partial charge in [-0.15, -0.1) is 0 Å². The van der Waals surface area contributed by atoms with Crippen molar-refractivity contribution in [2.75, 3.05) is 5.73 Å². The summed E-state index contributed by atoms with van der Waals surface area (Å²) in [7, 11) is 0. The van der Waals surface area contributed by atoms with Gasteiger partial charge in [-0.05, 0) is 29.8 Å². The second-order valence-electron chi connectivity index (χ2n) is 3.49. The Hall–Kier alpha value is -2.43. The molecule has 0 unspecified atom stereocenters. The number of nitrogens with two attached hydrogens (primary N) is 1. The van der Waals surface area contributed by atoms with Crippen LogP contribution in [0.5, 0.6) is 0 Å². The lowest BCUT2D eigenvalue weighted by Crippen LogP contribution is -2.23. The van der Waals surface area contributed by atoms with E-state index >= 15 is 0 Å². The van der Waals surface area contributed by atoms with E-state index in [2.05, 4.69) is 15.3 Å². The number of carbonyl (C=O) groups is 1. The minimum Gasteiger partial charge on any atom is -0.384 e. The topological polar surface area (TPSA) is 80.9 Å². The predicted molar refractivity (Wildman–Crippen MR) is 64.1 cm³/mol. The van der Waals surface area contributed by atoms with Crippen LogP contribution in [0.4, 0.5) is 5.82 Å². The van der Waals surface area contributed by atoms with Crippen molar-refractivity contribution in [3.8, 4) is 0 Å². The van der Waals surface area contributed by atoms with E-state index in [-0.39, 0.29) is 5.91 Å². The number of amides is 1. The Balaban J connectivity index is 1.98. The number of aromatic nitrogens is 2. The van der Waals surface area contributed by atoms with E-state index in [1.54, 1.807) is 30.6 Å². The van der Waals surface area contributed by atoms with Crippen LogP contribution in [-0.2, 0) is 6.54 Å². The summed E-state index contributed by atoms with van der Waals surface area (Å²) in [5.74, 6) is 0.0932. The number of rotatable bonds is 3. The van der Waals surface area contributed by atoms with Crippen molar-refractivity contribution in [1.29, 1.82) is 0 Å². The fraction of sp³-hybridized carbons (Fsp3) is 0.0833. The molecule has 2 aromatic heterocycles. The zero-order valence-corrected chi connectivity index (χ0v) is 9.13. The van der Waals surface area contributed by atoms with E-state index < -0.39 is 0 Å². The molecular weight excluding hydrogens is 216 g/mol. The van der Waals surface area contributed by atoms with Crippen LogP contribution in [0.3, 0.4) is 0 Å². The van der Waals surface area contributed by atoms with E-state index in [0.29, 0.717) is 18.1 Å². The first-order valence-electron chi connectivity index (χ1n) is 5.15. The molecule has 3 N–H and O–H groups in total. The standard InChI is InChI=1S/C12H12N4O/c13-11-3-1-2-10(16-11)12(17)15-8-9-4-6-14-7-5-9/h1-7H,8H2,(H2,13,16)(H,15,17). The van der Waals surface area contributed by atoms with Crippen molar-refractivity contribution < 1.29 is 4.79 Å². The van der Waals surface area contributed by atoms with E-state index in [4.69, 9.17) is 5.73 Å². The van der Waals surface area contributed by atoms with Gasteiger partial charge in [-0.2, -0.15) is 0 Å². The highest BCUT2D eigenvalue weighted by molar-refractivity contribution is 5.92. The van der Waals surface area contributed by atoms with Crippen LogP contribution < -0.4 is 11.1 Å². The molecule has 0 aliphatic carbocycles. The zero-order valence-electron chi connectivity index (χ0n) is 9.13. The van der Waals surface area contributed by atoms with Crippen molar-refractivity contribution in [2.24, 2.45) is 0 Å². The average Bonchev–Trinajstić information content (AvgIpc) is 2.37. The van der Waals surface area contributed by atoms with Crippen LogP contribution in [0, 0.1) is 0 Å². The Morgan fingerprint density at radius 2 is 2.00 bits per heavy atom. The van der Waals surface area contributed by atoms with Gasteiger partial charge in [0, 0.05) is 18.9 Å². The molecule has 0 fully saturated rings. The number of nitrogens with one attached hydrogen (secondary N) is 1. The summed E-state index contributed by atoms with van der Waals surface area (Å²) in [6.45, 7) is 0.442. The van der Waals surface area contributed by atoms with Gasteiger partial charge in [0.05, 0.1) is 0 Å². The Labute approximate surface area is 98.7 Å². The Morgan fingerprint density at radius 1 is 1.24 bits per heavy atom. The first-order chi connectivity index (χ1) is 8.25. The first kappa shape index (κ1) is 11.1. The van der Waals surface area contributed by atoms with Gasteiger partial charge in [0.15, 0.2) is 0 Å². The molecule has 2 heterocycles. The predicted octanol–water partition coefficient (Wildman–Crippen LogP) is 0.989. The molecule has 0 saturated heterocycles. The summed E-state index contributed by atoms with van der Waals surface area (Å²) < 4.78 is 0. The van der Waals surface area contributed by atoms with Crippen LogP contribution >= 0.6 is 0 Å². The van der Waals surface area contributed by atoms with Gasteiger partial charge in [0.2, 0.25) is 0 Å².